The molecule has 0 unspecified atom stereocenters. The molecule has 2 aromatic rings. The first kappa shape index (κ1) is 14.2. The van der Waals surface area contributed by atoms with E-state index in [0.29, 0.717) is 31.6 Å². The minimum absolute atomic E-state index is 0.0902. The Hall–Kier alpha value is -1.23. The first-order valence-electron chi connectivity index (χ1n) is 5.25. The first-order chi connectivity index (χ1) is 8.99. The fraction of sp³-hybridized carbons (Fsp3) is 0. The summed E-state index contributed by atoms with van der Waals surface area (Å²) in [5.74, 6) is 0.810. The van der Waals surface area contributed by atoms with Crippen LogP contribution < -0.4 is 10.5 Å². The lowest BCUT2D eigenvalue weighted by molar-refractivity contribution is 0.481. The van der Waals surface area contributed by atoms with Crippen molar-refractivity contribution in [1.29, 1.82) is 5.41 Å². The molecule has 0 amide bonds. The molecule has 98 valence electrons. The number of amidine groups is 1. The zero-order valence-corrected chi connectivity index (χ0v) is 12.7. The van der Waals surface area contributed by atoms with Crippen LogP contribution in [0.3, 0.4) is 0 Å². The zero-order chi connectivity index (χ0) is 14.0. The molecule has 0 heterocycles. The van der Waals surface area contributed by atoms with Gasteiger partial charge in [0.1, 0.15) is 17.3 Å². The number of hydrogen-bond donors (Lipinski definition) is 2. The van der Waals surface area contributed by atoms with Gasteiger partial charge < -0.3 is 10.5 Å². The lowest BCUT2D eigenvalue weighted by atomic mass is 10.2. The summed E-state index contributed by atoms with van der Waals surface area (Å²) in [6, 6.07) is 10.2. The summed E-state index contributed by atoms with van der Waals surface area (Å²) in [5.41, 5.74) is 6.03. The molecule has 2 rings (SSSR count). The average molecular weight is 360 g/mol. The van der Waals surface area contributed by atoms with Crippen LogP contribution in [0.2, 0.25) is 10.0 Å². The second-order valence-corrected chi connectivity index (χ2v) is 5.40. The van der Waals surface area contributed by atoms with Crippen molar-refractivity contribution in [2.24, 2.45) is 5.73 Å². The second kappa shape index (κ2) is 5.82. The molecule has 0 aromatic heterocycles. The second-order valence-electron chi connectivity index (χ2n) is 3.70. The molecule has 0 aliphatic carbocycles. The molecule has 0 radical (unpaired) electrons. The molecule has 3 nitrogen and oxygen atoms in total. The molecule has 0 saturated heterocycles. The van der Waals surface area contributed by atoms with Gasteiger partial charge in [0.2, 0.25) is 0 Å². The van der Waals surface area contributed by atoms with E-state index in [1.165, 1.54) is 0 Å². The lowest BCUT2D eigenvalue weighted by Crippen LogP contribution is -2.13. The predicted octanol–water partition coefficient (Wildman–Crippen LogP) is 4.83. The average Bonchev–Trinajstić information content (AvgIpc) is 2.32. The van der Waals surface area contributed by atoms with Crippen molar-refractivity contribution in [3.8, 4) is 11.5 Å². The summed E-state index contributed by atoms with van der Waals surface area (Å²) >= 11 is 15.2. The summed E-state index contributed by atoms with van der Waals surface area (Å²) in [5, 5.41) is 8.50. The van der Waals surface area contributed by atoms with Crippen molar-refractivity contribution < 1.29 is 4.74 Å². The van der Waals surface area contributed by atoms with Gasteiger partial charge in [-0.3, -0.25) is 5.41 Å². The van der Waals surface area contributed by atoms with E-state index in [4.69, 9.17) is 39.1 Å². The number of hydrogen-bond acceptors (Lipinski definition) is 2. The van der Waals surface area contributed by atoms with E-state index >= 15 is 0 Å². The minimum atomic E-state index is -0.0902. The number of nitrogens with two attached hydrogens (primary N) is 1. The van der Waals surface area contributed by atoms with Crippen LogP contribution in [0.4, 0.5) is 0 Å². The smallest absolute Gasteiger partial charge is 0.146 e. The van der Waals surface area contributed by atoms with Crippen LogP contribution in [0.5, 0.6) is 11.5 Å². The maximum absolute atomic E-state index is 7.58. The number of nitrogen functional groups attached to an aromatic ring is 1. The third kappa shape index (κ3) is 3.21. The SMILES string of the molecule is N=C(N)c1c(Br)cccc1Oc1ccc(Cl)cc1Cl. The van der Waals surface area contributed by atoms with E-state index in [-0.39, 0.29) is 5.84 Å². The Morgan fingerprint density at radius 3 is 2.53 bits per heavy atom. The van der Waals surface area contributed by atoms with Crippen LogP contribution >= 0.6 is 39.1 Å². The van der Waals surface area contributed by atoms with Gasteiger partial charge in [0.05, 0.1) is 10.6 Å². The molecular weight excluding hydrogens is 351 g/mol. The van der Waals surface area contributed by atoms with E-state index in [0.717, 1.165) is 0 Å². The van der Waals surface area contributed by atoms with Crippen LogP contribution in [0.1, 0.15) is 5.56 Å². The number of rotatable bonds is 3. The standard InChI is InChI=1S/C13H9BrCl2N2O/c14-8-2-1-3-11(12(8)13(17)18)19-10-5-4-7(15)6-9(10)16/h1-6H,(H3,17,18). The van der Waals surface area contributed by atoms with Gasteiger partial charge in [-0.15, -0.1) is 0 Å². The molecule has 0 spiro atoms. The Morgan fingerprint density at radius 2 is 1.89 bits per heavy atom. The summed E-state index contributed by atoms with van der Waals surface area (Å²) < 4.78 is 6.38. The van der Waals surface area contributed by atoms with Crippen molar-refractivity contribution in [2.75, 3.05) is 0 Å². The van der Waals surface area contributed by atoms with Crippen LogP contribution in [0.15, 0.2) is 40.9 Å². The quantitative estimate of drug-likeness (QED) is 0.608. The van der Waals surface area contributed by atoms with Crippen LogP contribution in [0.25, 0.3) is 0 Å². The fourth-order valence-electron chi connectivity index (χ4n) is 1.53. The fourth-order valence-corrected chi connectivity index (χ4v) is 2.54. The largest absolute Gasteiger partial charge is 0.455 e. The highest BCUT2D eigenvalue weighted by molar-refractivity contribution is 9.10. The van der Waals surface area contributed by atoms with Gasteiger partial charge in [-0.2, -0.15) is 0 Å². The third-order valence-electron chi connectivity index (χ3n) is 2.36. The molecule has 0 aliphatic rings. The molecule has 3 N–H and O–H groups in total. The van der Waals surface area contributed by atoms with Crippen molar-refractivity contribution in [1.82, 2.24) is 0 Å². The Morgan fingerprint density at radius 1 is 1.16 bits per heavy atom. The van der Waals surface area contributed by atoms with Crippen molar-refractivity contribution in [3.63, 3.8) is 0 Å². The Kier molecular flexibility index (Phi) is 4.34. The van der Waals surface area contributed by atoms with Crippen LogP contribution in [-0.2, 0) is 0 Å². The lowest BCUT2D eigenvalue weighted by Gasteiger charge is -2.12. The van der Waals surface area contributed by atoms with Gasteiger partial charge in [0.15, 0.2) is 0 Å². The van der Waals surface area contributed by atoms with Crippen molar-refractivity contribution >= 4 is 45.0 Å². The van der Waals surface area contributed by atoms with Crippen molar-refractivity contribution in [3.05, 3.63) is 56.5 Å². The summed E-state index contributed by atoms with van der Waals surface area (Å²) in [6.45, 7) is 0. The summed E-state index contributed by atoms with van der Waals surface area (Å²) in [6.07, 6.45) is 0. The normalized spacial score (nSPS) is 10.3. The maximum atomic E-state index is 7.58. The molecule has 0 bridgehead atoms. The highest BCUT2D eigenvalue weighted by atomic mass is 79.9. The van der Waals surface area contributed by atoms with E-state index in [2.05, 4.69) is 15.9 Å². The van der Waals surface area contributed by atoms with E-state index < -0.39 is 0 Å². The molecule has 0 atom stereocenters. The third-order valence-corrected chi connectivity index (χ3v) is 3.55. The van der Waals surface area contributed by atoms with Crippen molar-refractivity contribution in [2.45, 2.75) is 0 Å². The van der Waals surface area contributed by atoms with Gasteiger partial charge in [-0.25, -0.2) is 0 Å². The molecular formula is C13H9BrCl2N2O. The molecule has 19 heavy (non-hydrogen) atoms. The van der Waals surface area contributed by atoms with Gasteiger partial charge in [-0.1, -0.05) is 29.3 Å². The van der Waals surface area contributed by atoms with Crippen LogP contribution in [-0.4, -0.2) is 5.84 Å². The topological polar surface area (TPSA) is 59.1 Å². The van der Waals surface area contributed by atoms with Gasteiger partial charge in [0, 0.05) is 9.50 Å². The number of benzene rings is 2. The molecule has 2 aromatic carbocycles. The predicted molar refractivity (Wildman–Crippen MR) is 81.7 cm³/mol. The maximum Gasteiger partial charge on any atom is 0.146 e. The number of nitrogens with one attached hydrogen (secondary N) is 1. The Labute approximate surface area is 128 Å². The summed E-state index contributed by atoms with van der Waals surface area (Å²) in [4.78, 5) is 0. The Bertz CT molecular complexity index is 647. The molecule has 0 saturated carbocycles. The number of halogens is 3. The van der Waals surface area contributed by atoms with Gasteiger partial charge in [0.25, 0.3) is 0 Å². The van der Waals surface area contributed by atoms with Gasteiger partial charge in [-0.05, 0) is 46.3 Å². The monoisotopic (exact) mass is 358 g/mol. The van der Waals surface area contributed by atoms with Crippen LogP contribution in [0, 0.1) is 5.41 Å². The van der Waals surface area contributed by atoms with E-state index in [1.54, 1.807) is 36.4 Å². The zero-order valence-electron chi connectivity index (χ0n) is 9.58. The highest BCUT2D eigenvalue weighted by Crippen LogP contribution is 2.35. The first-order valence-corrected chi connectivity index (χ1v) is 6.79. The summed E-state index contributed by atoms with van der Waals surface area (Å²) in [7, 11) is 0. The highest BCUT2D eigenvalue weighted by Gasteiger charge is 2.13. The molecule has 0 fully saturated rings. The minimum Gasteiger partial charge on any atom is -0.455 e. The van der Waals surface area contributed by atoms with E-state index in [9.17, 15) is 0 Å². The molecule has 0 aliphatic heterocycles. The van der Waals surface area contributed by atoms with E-state index in [1.807, 2.05) is 0 Å². The Balaban J connectivity index is 2.44. The molecule has 6 heteroatoms. The van der Waals surface area contributed by atoms with Gasteiger partial charge >= 0.3 is 0 Å². The number of ether oxygens (including phenoxy) is 1.